The monoisotopic (exact) mass is 439 g/mol. The van der Waals surface area contributed by atoms with E-state index in [2.05, 4.69) is 20.9 Å². The molecule has 1 saturated heterocycles. The highest BCUT2D eigenvalue weighted by atomic mass is 16.5. The quantitative estimate of drug-likeness (QED) is 0.578. The Morgan fingerprint density at radius 1 is 1.25 bits per heavy atom. The second kappa shape index (κ2) is 8.17. The number of pyridine rings is 1. The molecule has 0 aliphatic carbocycles. The van der Waals surface area contributed by atoms with Crippen LogP contribution in [-0.4, -0.2) is 54.1 Å². The van der Waals surface area contributed by atoms with Gasteiger partial charge in [0, 0.05) is 23.9 Å². The second-order valence-corrected chi connectivity index (χ2v) is 7.31. The number of rotatable bonds is 6. The zero-order valence-electron chi connectivity index (χ0n) is 17.4. The molecule has 1 aromatic heterocycles. The van der Waals surface area contributed by atoms with Gasteiger partial charge in [-0.05, 0) is 30.7 Å². The first-order chi connectivity index (χ1) is 15.4. The van der Waals surface area contributed by atoms with Crippen molar-refractivity contribution in [3.8, 4) is 5.75 Å². The predicted octanol–water partition coefficient (Wildman–Crippen LogP) is 1.35. The third kappa shape index (κ3) is 3.68. The van der Waals surface area contributed by atoms with Crippen molar-refractivity contribution in [2.24, 2.45) is 0 Å². The van der Waals surface area contributed by atoms with Crippen LogP contribution in [0.2, 0.25) is 0 Å². The van der Waals surface area contributed by atoms with Crippen LogP contribution in [0.15, 0.2) is 36.7 Å². The van der Waals surface area contributed by atoms with Gasteiger partial charge < -0.3 is 19.7 Å². The van der Waals surface area contributed by atoms with Crippen molar-refractivity contribution in [2.75, 3.05) is 25.6 Å². The highest BCUT2D eigenvalue weighted by Crippen LogP contribution is 2.33. The van der Waals surface area contributed by atoms with Gasteiger partial charge >= 0.3 is 12.1 Å². The van der Waals surface area contributed by atoms with Gasteiger partial charge in [-0.25, -0.2) is 9.59 Å². The van der Waals surface area contributed by atoms with Crippen molar-refractivity contribution in [1.29, 1.82) is 0 Å². The van der Waals surface area contributed by atoms with Gasteiger partial charge in [0.1, 0.15) is 5.75 Å². The number of aromatic nitrogens is 1. The summed E-state index contributed by atoms with van der Waals surface area (Å²) in [5.74, 6) is -0.373. The van der Waals surface area contributed by atoms with E-state index in [1.54, 1.807) is 25.1 Å². The summed E-state index contributed by atoms with van der Waals surface area (Å²) in [6, 6.07) is 6.00. The molecular weight excluding hydrogens is 418 g/mol. The molecule has 4 rings (SSSR count). The lowest BCUT2D eigenvalue weighted by Gasteiger charge is -2.31. The van der Waals surface area contributed by atoms with Gasteiger partial charge in [-0.3, -0.25) is 25.2 Å². The van der Waals surface area contributed by atoms with E-state index in [0.29, 0.717) is 16.9 Å². The predicted molar refractivity (Wildman–Crippen MR) is 111 cm³/mol. The minimum Gasteiger partial charge on any atom is -0.497 e. The normalized spacial score (nSPS) is 19.3. The summed E-state index contributed by atoms with van der Waals surface area (Å²) in [5.41, 5.74) is 0.247. The Bertz CT molecular complexity index is 1120. The Morgan fingerprint density at radius 2 is 2.06 bits per heavy atom. The molecule has 32 heavy (non-hydrogen) atoms. The summed E-state index contributed by atoms with van der Waals surface area (Å²) < 4.78 is 10.1. The van der Waals surface area contributed by atoms with Gasteiger partial charge in [0.25, 0.3) is 11.8 Å². The number of nitrogens with one attached hydrogen (secondary N) is 3. The molecule has 0 bridgehead atoms. The van der Waals surface area contributed by atoms with Gasteiger partial charge in [0.15, 0.2) is 5.54 Å². The molecule has 0 radical (unpaired) electrons. The van der Waals surface area contributed by atoms with Crippen molar-refractivity contribution in [3.05, 3.63) is 53.3 Å². The Balaban J connectivity index is 1.66. The molecule has 1 fully saturated rings. The lowest BCUT2D eigenvalue weighted by molar-refractivity contribution is -0.124. The summed E-state index contributed by atoms with van der Waals surface area (Å²) in [6.45, 7) is 1.98. The molecule has 2 aromatic rings. The maximum Gasteiger partial charge on any atom is 0.411 e. The lowest BCUT2D eigenvalue weighted by Crippen LogP contribution is -2.52. The number of methoxy groups -OCH3 is 1. The summed E-state index contributed by atoms with van der Waals surface area (Å²) in [5, 5.41) is 7.38. The first kappa shape index (κ1) is 21.1. The number of imide groups is 1. The molecule has 0 unspecified atom stereocenters. The summed E-state index contributed by atoms with van der Waals surface area (Å²) in [7, 11) is 1.51. The molecule has 3 heterocycles. The summed E-state index contributed by atoms with van der Waals surface area (Å²) >= 11 is 0. The minimum absolute atomic E-state index is 0.134. The van der Waals surface area contributed by atoms with E-state index in [4.69, 9.17) is 9.47 Å². The molecule has 11 heteroatoms. The maximum absolute atomic E-state index is 13.0. The molecule has 1 atom stereocenters. The van der Waals surface area contributed by atoms with Crippen LogP contribution < -0.4 is 20.7 Å². The number of nitrogens with zero attached hydrogens (tertiary/aromatic N) is 2. The highest BCUT2D eigenvalue weighted by molar-refractivity contribution is 6.08. The first-order valence-corrected chi connectivity index (χ1v) is 9.85. The number of carbonyl (C=O) groups excluding carboxylic acids is 4. The molecule has 1 aromatic carbocycles. The van der Waals surface area contributed by atoms with Crippen LogP contribution in [0.1, 0.15) is 28.4 Å². The van der Waals surface area contributed by atoms with Crippen LogP contribution in [0.5, 0.6) is 5.75 Å². The van der Waals surface area contributed by atoms with E-state index < -0.39 is 23.6 Å². The Labute approximate surface area is 183 Å². The van der Waals surface area contributed by atoms with Gasteiger partial charge in [-0.2, -0.15) is 0 Å². The van der Waals surface area contributed by atoms with E-state index in [9.17, 15) is 19.2 Å². The molecule has 0 spiro atoms. The minimum atomic E-state index is -1.59. The number of urea groups is 1. The van der Waals surface area contributed by atoms with Gasteiger partial charge in [-0.15, -0.1) is 0 Å². The van der Waals surface area contributed by atoms with E-state index in [1.165, 1.54) is 30.5 Å². The van der Waals surface area contributed by atoms with E-state index in [0.717, 1.165) is 5.56 Å². The van der Waals surface area contributed by atoms with Crippen molar-refractivity contribution in [1.82, 2.24) is 20.5 Å². The van der Waals surface area contributed by atoms with Crippen LogP contribution in [0.4, 0.5) is 15.3 Å². The van der Waals surface area contributed by atoms with E-state index >= 15 is 0 Å². The molecule has 11 nitrogen and oxygen atoms in total. The van der Waals surface area contributed by atoms with Crippen LogP contribution in [-0.2, 0) is 21.6 Å². The van der Waals surface area contributed by atoms with Crippen LogP contribution in [0.3, 0.4) is 0 Å². The lowest BCUT2D eigenvalue weighted by atomic mass is 9.90. The molecule has 0 saturated carbocycles. The van der Waals surface area contributed by atoms with Gasteiger partial charge in [-0.1, -0.05) is 6.07 Å². The topological polar surface area (TPSA) is 139 Å². The Morgan fingerprint density at radius 3 is 2.75 bits per heavy atom. The number of hydrogen-bond donors (Lipinski definition) is 3. The zero-order valence-corrected chi connectivity index (χ0v) is 17.4. The highest BCUT2D eigenvalue weighted by Gasteiger charge is 2.50. The standard InChI is InChI=1S/C21H21N5O6/c1-3-32-20(30)23-14-6-13(8-22-9-14)21(18(28)24-19(29)25-21)11-26-10-12-4-5-15(31-2)7-16(12)17(26)27/h4-9H,3,10-11H2,1-2H3,(H,23,30)(H2,24,25,28,29)/t21-/m0/s1. The summed E-state index contributed by atoms with van der Waals surface area (Å²) in [4.78, 5) is 55.4. The molecule has 5 amide bonds. The number of fused-ring (bicyclic) bond motifs is 1. The zero-order chi connectivity index (χ0) is 22.9. The largest absolute Gasteiger partial charge is 0.497 e. The number of amides is 5. The third-order valence-corrected chi connectivity index (χ3v) is 5.32. The summed E-state index contributed by atoms with van der Waals surface area (Å²) in [6.07, 6.45) is 2.10. The molecule has 3 N–H and O–H groups in total. The third-order valence-electron chi connectivity index (χ3n) is 5.32. The molecule has 2 aliphatic heterocycles. The van der Waals surface area contributed by atoms with Gasteiger partial charge in [0.05, 0.1) is 32.1 Å². The van der Waals surface area contributed by atoms with E-state index in [-0.39, 0.29) is 31.3 Å². The molecular formula is C21H21N5O6. The van der Waals surface area contributed by atoms with Crippen molar-refractivity contribution >= 4 is 29.6 Å². The van der Waals surface area contributed by atoms with Crippen LogP contribution in [0, 0.1) is 0 Å². The van der Waals surface area contributed by atoms with Crippen LogP contribution >= 0.6 is 0 Å². The fraction of sp³-hybridized carbons (Fsp3) is 0.286. The fourth-order valence-electron chi connectivity index (χ4n) is 3.81. The van der Waals surface area contributed by atoms with Crippen molar-refractivity contribution in [3.63, 3.8) is 0 Å². The number of carbonyl (C=O) groups is 4. The Kier molecular flexibility index (Phi) is 5.39. The Hall–Kier alpha value is -4.15. The van der Waals surface area contributed by atoms with Crippen molar-refractivity contribution < 1.29 is 28.7 Å². The number of anilines is 1. The number of benzene rings is 1. The number of ether oxygens (including phenoxy) is 2. The SMILES string of the molecule is CCOC(=O)Nc1cncc([C@]2(CN3Cc4ccc(OC)cc4C3=O)NC(=O)NC2=O)c1. The average molecular weight is 439 g/mol. The number of hydrogen-bond acceptors (Lipinski definition) is 7. The molecule has 2 aliphatic rings. The van der Waals surface area contributed by atoms with Crippen LogP contribution in [0.25, 0.3) is 0 Å². The smallest absolute Gasteiger partial charge is 0.411 e. The van der Waals surface area contributed by atoms with E-state index in [1.807, 2.05) is 0 Å². The second-order valence-electron chi connectivity index (χ2n) is 7.31. The average Bonchev–Trinajstić information content (AvgIpc) is 3.23. The molecule has 166 valence electrons. The van der Waals surface area contributed by atoms with Crippen molar-refractivity contribution in [2.45, 2.75) is 19.0 Å². The van der Waals surface area contributed by atoms with Gasteiger partial charge in [0.2, 0.25) is 0 Å². The first-order valence-electron chi connectivity index (χ1n) is 9.85. The maximum atomic E-state index is 13.0. The fourth-order valence-corrected chi connectivity index (χ4v) is 3.81.